The van der Waals surface area contributed by atoms with Crippen LogP contribution in [0.2, 0.25) is 5.02 Å². The van der Waals surface area contributed by atoms with Gasteiger partial charge in [0.2, 0.25) is 11.8 Å². The first-order valence-electron chi connectivity index (χ1n) is 13.6. The van der Waals surface area contributed by atoms with Crippen LogP contribution >= 0.6 is 11.6 Å². The maximum atomic E-state index is 14.8. The summed E-state index contributed by atoms with van der Waals surface area (Å²) in [6.07, 6.45) is 3.93. The van der Waals surface area contributed by atoms with Crippen LogP contribution in [0.1, 0.15) is 21.5 Å². The number of amides is 2. The minimum atomic E-state index is -1.38. The molecule has 3 aliphatic rings. The third kappa shape index (κ3) is 3.77. The minimum absolute atomic E-state index is 0.305. The molecule has 0 bridgehead atoms. The molecule has 0 saturated carbocycles. The number of carbonyl (C=O) groups is 3. The number of nitrogens with zero attached hydrogens (tertiary/aromatic N) is 1. The Morgan fingerprint density at radius 1 is 0.929 bits per heavy atom. The predicted molar refractivity (Wildman–Crippen MR) is 163 cm³/mol. The number of fused-ring (bicyclic) bond motifs is 6. The molecule has 4 aromatic carbocycles. The van der Waals surface area contributed by atoms with Gasteiger partial charge in [0.25, 0.3) is 0 Å². The lowest BCUT2D eigenvalue weighted by atomic mass is 9.64. The zero-order valence-corrected chi connectivity index (χ0v) is 23.3. The predicted octanol–water partition coefficient (Wildman–Crippen LogP) is 5.96. The second-order valence-corrected chi connectivity index (χ2v) is 11.1. The van der Waals surface area contributed by atoms with Crippen molar-refractivity contribution in [2.75, 3.05) is 22.6 Å². The van der Waals surface area contributed by atoms with Crippen LogP contribution in [0.5, 0.6) is 5.75 Å². The number of carbonyl (C=O) groups excluding carboxylic acids is 3. The van der Waals surface area contributed by atoms with Gasteiger partial charge in [0.05, 0.1) is 19.1 Å². The summed E-state index contributed by atoms with van der Waals surface area (Å²) in [4.78, 5) is 45.5. The van der Waals surface area contributed by atoms with Gasteiger partial charge < -0.3 is 20.3 Å². The Morgan fingerprint density at radius 2 is 1.64 bits per heavy atom. The zero-order valence-electron chi connectivity index (χ0n) is 22.6. The first kappa shape index (κ1) is 26.0. The molecule has 1 saturated heterocycles. The van der Waals surface area contributed by atoms with Crippen LogP contribution in [0.25, 0.3) is 6.08 Å². The highest BCUT2D eigenvalue weighted by Gasteiger charge is 2.70. The number of anilines is 3. The highest BCUT2D eigenvalue weighted by atomic mass is 35.5. The number of Topliss-reactive ketones (excluding diaryl/α,β-unsaturated/α-hetero) is 1. The number of benzene rings is 4. The van der Waals surface area contributed by atoms with Gasteiger partial charge in [-0.25, -0.2) is 0 Å². The van der Waals surface area contributed by atoms with E-state index in [0.29, 0.717) is 33.3 Å². The number of ketones is 1. The molecule has 4 atom stereocenters. The van der Waals surface area contributed by atoms with Crippen molar-refractivity contribution in [3.63, 3.8) is 0 Å². The molecular weight excluding hydrogens is 550 g/mol. The third-order valence-electron chi connectivity index (χ3n) is 8.58. The van der Waals surface area contributed by atoms with Gasteiger partial charge in [0, 0.05) is 27.6 Å². The lowest BCUT2D eigenvalue weighted by Crippen LogP contribution is -2.51. The van der Waals surface area contributed by atoms with Crippen LogP contribution in [-0.2, 0) is 15.0 Å². The van der Waals surface area contributed by atoms with Crippen LogP contribution in [0.3, 0.4) is 0 Å². The van der Waals surface area contributed by atoms with E-state index in [4.69, 9.17) is 16.3 Å². The van der Waals surface area contributed by atoms with Crippen LogP contribution in [0.15, 0.2) is 103 Å². The summed E-state index contributed by atoms with van der Waals surface area (Å²) >= 11 is 6.10. The molecule has 4 aromatic rings. The highest BCUT2D eigenvalue weighted by Crippen LogP contribution is 2.57. The zero-order chi connectivity index (χ0) is 29.0. The van der Waals surface area contributed by atoms with Crippen molar-refractivity contribution in [2.45, 2.75) is 17.5 Å². The van der Waals surface area contributed by atoms with Crippen molar-refractivity contribution >= 4 is 52.3 Å². The van der Waals surface area contributed by atoms with Gasteiger partial charge in [-0.15, -0.1) is 0 Å². The van der Waals surface area contributed by atoms with E-state index in [-0.39, 0.29) is 11.7 Å². The van der Waals surface area contributed by atoms with Crippen LogP contribution in [0, 0.1) is 5.92 Å². The molecule has 3 aliphatic heterocycles. The van der Waals surface area contributed by atoms with Crippen molar-refractivity contribution < 1.29 is 19.1 Å². The quantitative estimate of drug-likeness (QED) is 0.287. The summed E-state index contributed by atoms with van der Waals surface area (Å²) in [6, 6.07) is 27.1. The van der Waals surface area contributed by atoms with Gasteiger partial charge in [-0.05, 0) is 71.8 Å². The molecule has 0 aliphatic carbocycles. The largest absolute Gasteiger partial charge is 0.497 e. The Kier molecular flexibility index (Phi) is 6.13. The lowest BCUT2D eigenvalue weighted by molar-refractivity contribution is -0.122. The summed E-state index contributed by atoms with van der Waals surface area (Å²) < 4.78 is 5.32. The normalized spacial score (nSPS) is 23.1. The van der Waals surface area contributed by atoms with Crippen molar-refractivity contribution in [3.05, 3.63) is 125 Å². The number of halogens is 1. The summed E-state index contributed by atoms with van der Waals surface area (Å²) in [5, 5.41) is 6.58. The molecule has 7 nitrogen and oxygen atoms in total. The molecular formula is C34H26ClN3O4. The molecule has 0 aromatic heterocycles. The molecule has 0 radical (unpaired) electrons. The SMILES string of the molecule is COc1ccc(C(=O)[C@@H]2[C@H](C(=O)Nc3ccc(Cl)cc3)N3c4ccccc4C=C[C@H]3[C@@]23C(=O)Nc2ccccc23)cc1. The molecule has 8 heteroatoms. The fourth-order valence-electron chi connectivity index (χ4n) is 6.80. The Morgan fingerprint density at radius 3 is 2.40 bits per heavy atom. The van der Waals surface area contributed by atoms with E-state index < -0.39 is 29.3 Å². The molecule has 7 rings (SSSR count). The van der Waals surface area contributed by atoms with Crippen molar-refractivity contribution in [1.29, 1.82) is 0 Å². The van der Waals surface area contributed by atoms with Crippen molar-refractivity contribution in [1.82, 2.24) is 0 Å². The second kappa shape index (κ2) is 9.89. The van der Waals surface area contributed by atoms with Gasteiger partial charge in [0.1, 0.15) is 17.2 Å². The smallest absolute Gasteiger partial charge is 0.247 e. The number of hydrogen-bond donors (Lipinski definition) is 2. The van der Waals surface area contributed by atoms with Gasteiger partial charge in [0.15, 0.2) is 5.78 Å². The van der Waals surface area contributed by atoms with Crippen molar-refractivity contribution in [2.24, 2.45) is 5.92 Å². The first-order valence-corrected chi connectivity index (χ1v) is 14.0. The topological polar surface area (TPSA) is 87.7 Å². The fraction of sp³-hybridized carbons (Fsp3) is 0.147. The van der Waals surface area contributed by atoms with E-state index in [1.807, 2.05) is 65.6 Å². The van der Waals surface area contributed by atoms with E-state index in [2.05, 4.69) is 10.6 Å². The Labute approximate surface area is 247 Å². The van der Waals surface area contributed by atoms with Crippen LogP contribution < -0.4 is 20.3 Å². The van der Waals surface area contributed by atoms with E-state index in [9.17, 15) is 14.4 Å². The Hall–Kier alpha value is -4.88. The maximum Gasteiger partial charge on any atom is 0.247 e. The lowest BCUT2D eigenvalue weighted by Gasteiger charge is -2.37. The molecule has 0 unspecified atom stereocenters. The number of methoxy groups -OCH3 is 1. The summed E-state index contributed by atoms with van der Waals surface area (Å²) in [5.74, 6) is -1.48. The first-order chi connectivity index (χ1) is 20.4. The van der Waals surface area contributed by atoms with Crippen LogP contribution in [0.4, 0.5) is 17.1 Å². The average molecular weight is 576 g/mol. The average Bonchev–Trinajstić information content (AvgIpc) is 3.50. The highest BCUT2D eigenvalue weighted by molar-refractivity contribution is 6.30. The summed E-state index contributed by atoms with van der Waals surface area (Å²) in [7, 11) is 1.56. The molecule has 1 spiro atoms. The van der Waals surface area contributed by atoms with E-state index >= 15 is 0 Å². The number of para-hydroxylation sites is 2. The number of nitrogens with one attached hydrogen (secondary N) is 2. The van der Waals surface area contributed by atoms with E-state index in [1.54, 1.807) is 55.6 Å². The van der Waals surface area contributed by atoms with Gasteiger partial charge in [-0.2, -0.15) is 0 Å². The number of hydrogen-bond acceptors (Lipinski definition) is 5. The molecule has 2 amide bonds. The Balaban J connectivity index is 1.47. The van der Waals surface area contributed by atoms with Gasteiger partial charge in [-0.1, -0.05) is 60.2 Å². The van der Waals surface area contributed by atoms with Crippen LogP contribution in [-0.4, -0.2) is 36.8 Å². The molecule has 2 N–H and O–H groups in total. The molecule has 3 heterocycles. The van der Waals surface area contributed by atoms with Crippen molar-refractivity contribution in [3.8, 4) is 5.75 Å². The maximum absolute atomic E-state index is 14.8. The fourth-order valence-corrected chi connectivity index (χ4v) is 6.93. The number of ether oxygens (including phenoxy) is 1. The summed E-state index contributed by atoms with van der Waals surface area (Å²) in [6.45, 7) is 0. The Bertz CT molecular complexity index is 1770. The van der Waals surface area contributed by atoms with Gasteiger partial charge in [-0.3, -0.25) is 14.4 Å². The second-order valence-electron chi connectivity index (χ2n) is 10.7. The van der Waals surface area contributed by atoms with E-state index in [0.717, 1.165) is 11.3 Å². The molecule has 1 fully saturated rings. The number of rotatable bonds is 5. The van der Waals surface area contributed by atoms with E-state index in [1.165, 1.54) is 0 Å². The summed E-state index contributed by atoms with van der Waals surface area (Å²) in [5.41, 5.74) is 2.57. The van der Waals surface area contributed by atoms with Gasteiger partial charge >= 0.3 is 0 Å². The molecule has 42 heavy (non-hydrogen) atoms. The third-order valence-corrected chi connectivity index (χ3v) is 8.83. The standard InChI is InChI=1S/C34H26ClN3O4/c1-42-24-17-10-21(11-18-24)31(39)29-30(32(40)36-23-15-13-22(35)14-16-23)38-27-9-5-2-6-20(27)12-19-28(38)34(29)25-7-3-4-8-26(25)37-33(34)41/h2-19,28-30H,1H3,(H,36,40)(H,37,41)/t28-,29-,30+,34+/m0/s1. The molecule has 208 valence electrons. The minimum Gasteiger partial charge on any atom is -0.497 e. The monoisotopic (exact) mass is 575 g/mol.